The highest BCUT2D eigenvalue weighted by Crippen LogP contribution is 2.52. The Kier molecular flexibility index (Phi) is 6.58. The normalized spacial score (nSPS) is 25.2. The van der Waals surface area contributed by atoms with E-state index in [0.717, 1.165) is 25.0 Å². The molecule has 4 atom stereocenters. The molecule has 2 aliphatic carbocycles. The van der Waals surface area contributed by atoms with Crippen LogP contribution in [-0.4, -0.2) is 35.3 Å². The molecule has 0 saturated heterocycles. The van der Waals surface area contributed by atoms with Crippen LogP contribution in [0.25, 0.3) is 11.3 Å². The Morgan fingerprint density at radius 3 is 2.41 bits per heavy atom. The smallest absolute Gasteiger partial charge is 0.256 e. The van der Waals surface area contributed by atoms with Crippen molar-refractivity contribution in [3.63, 3.8) is 0 Å². The summed E-state index contributed by atoms with van der Waals surface area (Å²) in [6.45, 7) is 1.77. The molecule has 2 fully saturated rings. The van der Waals surface area contributed by atoms with E-state index in [4.69, 9.17) is 11.6 Å². The molecule has 3 aromatic rings. The van der Waals surface area contributed by atoms with E-state index < -0.39 is 38.2 Å². The summed E-state index contributed by atoms with van der Waals surface area (Å²) >= 11 is 6.52. The van der Waals surface area contributed by atoms with Gasteiger partial charge in [-0.1, -0.05) is 17.7 Å². The molecule has 3 unspecified atom stereocenters. The third-order valence-corrected chi connectivity index (χ3v) is 10.4. The number of anilines is 1. The predicted molar refractivity (Wildman–Crippen MR) is 136 cm³/mol. The Morgan fingerprint density at radius 2 is 1.78 bits per heavy atom. The van der Waals surface area contributed by atoms with Crippen LogP contribution in [0, 0.1) is 23.5 Å². The highest BCUT2D eigenvalue weighted by atomic mass is 35.5. The van der Waals surface area contributed by atoms with Gasteiger partial charge < -0.3 is 10.4 Å². The van der Waals surface area contributed by atoms with Crippen molar-refractivity contribution in [3.8, 4) is 11.3 Å². The number of aromatic nitrogens is 1. The van der Waals surface area contributed by atoms with Gasteiger partial charge in [-0.15, -0.1) is 0 Å². The van der Waals surface area contributed by atoms with Gasteiger partial charge >= 0.3 is 0 Å². The monoisotopic (exact) mass is 546 g/mol. The minimum atomic E-state index is -3.96. The van der Waals surface area contributed by atoms with E-state index in [1.807, 2.05) is 0 Å². The Labute approximate surface area is 218 Å². The van der Waals surface area contributed by atoms with Gasteiger partial charge in [0.25, 0.3) is 5.91 Å². The number of benzene rings is 2. The summed E-state index contributed by atoms with van der Waals surface area (Å²) < 4.78 is 54.7. The summed E-state index contributed by atoms with van der Waals surface area (Å²) in [5.74, 6) is -3.19. The number of sulfone groups is 1. The highest BCUT2D eigenvalue weighted by molar-refractivity contribution is 7.92. The quantitative estimate of drug-likeness (QED) is 0.431. The zero-order chi connectivity index (χ0) is 26.5. The van der Waals surface area contributed by atoms with Gasteiger partial charge in [-0.05, 0) is 80.8 Å². The molecule has 10 heteroatoms. The van der Waals surface area contributed by atoms with Gasteiger partial charge in [0.15, 0.2) is 21.5 Å². The molecule has 1 heterocycles. The van der Waals surface area contributed by atoms with E-state index in [0.29, 0.717) is 18.5 Å². The lowest BCUT2D eigenvalue weighted by atomic mass is 9.76. The van der Waals surface area contributed by atoms with Gasteiger partial charge in [0.05, 0.1) is 32.0 Å². The first-order valence-corrected chi connectivity index (χ1v) is 13.9. The molecule has 2 aromatic carbocycles. The van der Waals surface area contributed by atoms with Crippen LogP contribution in [0.15, 0.2) is 59.6 Å². The number of fused-ring (bicyclic) bond motifs is 2. The van der Waals surface area contributed by atoms with Crippen molar-refractivity contribution >= 4 is 33.0 Å². The van der Waals surface area contributed by atoms with Crippen molar-refractivity contribution in [2.75, 3.05) is 5.32 Å². The minimum Gasteiger partial charge on any atom is -0.390 e. The van der Waals surface area contributed by atoms with E-state index in [1.54, 1.807) is 25.1 Å². The van der Waals surface area contributed by atoms with E-state index in [9.17, 15) is 27.1 Å². The second-order valence-electron chi connectivity index (χ2n) is 9.96. The van der Waals surface area contributed by atoms with E-state index in [2.05, 4.69) is 10.3 Å². The van der Waals surface area contributed by atoms with Crippen LogP contribution in [0.5, 0.6) is 0 Å². The maximum Gasteiger partial charge on any atom is 0.256 e. The number of carbonyl (C=O) groups is 1. The number of rotatable bonds is 5. The van der Waals surface area contributed by atoms with E-state index in [-0.39, 0.29) is 38.6 Å². The number of hydrogen-bond acceptors (Lipinski definition) is 5. The van der Waals surface area contributed by atoms with Gasteiger partial charge in [-0.25, -0.2) is 17.2 Å². The molecule has 37 heavy (non-hydrogen) atoms. The molecule has 2 saturated carbocycles. The van der Waals surface area contributed by atoms with Gasteiger partial charge in [-0.2, -0.15) is 0 Å². The van der Waals surface area contributed by atoms with Crippen molar-refractivity contribution in [1.29, 1.82) is 0 Å². The molecule has 194 valence electrons. The standard InChI is InChI=1S/C27H25ClF2N2O4S/c1-27(34)15-5-6-16(27)11-18(10-15)37(35,36)25-14-20(19(13-21(25)28)24-4-2-3-9-31-24)26(33)32-17-7-8-22(29)23(30)12-17/h2-4,7-9,12-16,18,34H,5-6,10-11H2,1H3,(H,32,33)/t15-,16?,18?,27?/m1/s1. The fourth-order valence-electron chi connectivity index (χ4n) is 5.66. The lowest BCUT2D eigenvalue weighted by molar-refractivity contribution is -0.0413. The van der Waals surface area contributed by atoms with Crippen molar-refractivity contribution in [1.82, 2.24) is 4.98 Å². The number of aliphatic hydroxyl groups is 1. The summed E-state index contributed by atoms with van der Waals surface area (Å²) in [6.07, 6.45) is 3.66. The van der Waals surface area contributed by atoms with Crippen molar-refractivity contribution in [3.05, 3.63) is 76.9 Å². The van der Waals surface area contributed by atoms with Gasteiger partial charge in [0.2, 0.25) is 0 Å². The van der Waals surface area contributed by atoms with Crippen LogP contribution in [0.3, 0.4) is 0 Å². The first kappa shape index (κ1) is 25.8. The zero-order valence-electron chi connectivity index (χ0n) is 19.9. The fourth-order valence-corrected chi connectivity index (χ4v) is 8.09. The summed E-state index contributed by atoms with van der Waals surface area (Å²) in [4.78, 5) is 17.4. The van der Waals surface area contributed by atoms with E-state index in [1.165, 1.54) is 24.4 Å². The van der Waals surface area contributed by atoms with Crippen LogP contribution in [-0.2, 0) is 9.84 Å². The predicted octanol–water partition coefficient (Wildman–Crippen LogP) is 5.65. The number of nitrogens with one attached hydrogen (secondary N) is 1. The number of pyridine rings is 1. The zero-order valence-corrected chi connectivity index (χ0v) is 21.5. The minimum absolute atomic E-state index is 0.00122. The van der Waals surface area contributed by atoms with Gasteiger partial charge in [0.1, 0.15) is 0 Å². The molecule has 0 aliphatic heterocycles. The molecule has 5 rings (SSSR count). The molecule has 1 aromatic heterocycles. The molecule has 6 nitrogen and oxygen atoms in total. The highest BCUT2D eigenvalue weighted by Gasteiger charge is 2.53. The molecule has 2 N–H and O–H groups in total. The average molecular weight is 547 g/mol. The van der Waals surface area contributed by atoms with Crippen molar-refractivity contribution < 1.29 is 27.1 Å². The summed E-state index contributed by atoms with van der Waals surface area (Å²) in [6, 6.07) is 10.6. The van der Waals surface area contributed by atoms with Crippen LogP contribution in [0.1, 0.15) is 43.0 Å². The second-order valence-corrected chi connectivity index (χ2v) is 12.6. The summed E-state index contributed by atoms with van der Waals surface area (Å²) in [7, 11) is -3.96. The lowest BCUT2D eigenvalue weighted by Crippen LogP contribution is -2.45. The van der Waals surface area contributed by atoms with Gasteiger partial charge in [-0.3, -0.25) is 9.78 Å². The second kappa shape index (κ2) is 9.45. The number of carbonyl (C=O) groups excluding carboxylic acids is 1. The first-order valence-electron chi connectivity index (χ1n) is 12.0. The maximum atomic E-state index is 13.8. The maximum absolute atomic E-state index is 13.8. The summed E-state index contributed by atoms with van der Waals surface area (Å²) in [5.41, 5.74) is -0.251. The van der Waals surface area contributed by atoms with Crippen LogP contribution in [0.2, 0.25) is 5.02 Å². The number of halogens is 3. The van der Waals surface area contributed by atoms with Gasteiger partial charge in [0, 0.05) is 23.5 Å². The lowest BCUT2D eigenvalue weighted by Gasteiger charge is -2.40. The fraction of sp³-hybridized carbons (Fsp3) is 0.333. The van der Waals surface area contributed by atoms with Crippen molar-refractivity contribution in [2.24, 2.45) is 11.8 Å². The average Bonchev–Trinajstić information content (AvgIpc) is 3.02. The topological polar surface area (TPSA) is 96.4 Å². The molecule has 0 spiro atoms. The van der Waals surface area contributed by atoms with Crippen LogP contribution in [0.4, 0.5) is 14.5 Å². The molecule has 0 radical (unpaired) electrons. The van der Waals surface area contributed by atoms with Crippen molar-refractivity contribution in [2.45, 2.75) is 48.4 Å². The Morgan fingerprint density at radius 1 is 1.08 bits per heavy atom. The Hall–Kier alpha value is -2.88. The number of hydrogen-bond donors (Lipinski definition) is 2. The first-order chi connectivity index (χ1) is 17.5. The van der Waals surface area contributed by atoms with E-state index >= 15 is 0 Å². The molecule has 1 amide bonds. The Bertz CT molecular complexity index is 1470. The summed E-state index contributed by atoms with van der Waals surface area (Å²) in [5, 5.41) is 12.5. The third-order valence-electron chi connectivity index (χ3n) is 7.79. The SMILES string of the molecule is CC1(O)C2CC[C@@H]1CC(S(=O)(=O)c1cc(C(=O)Nc3ccc(F)c(F)c3)c(-c3ccccn3)cc1Cl)C2. The third kappa shape index (κ3) is 4.64. The number of amides is 1. The Balaban J connectivity index is 1.57. The molecule has 2 bridgehead atoms. The van der Waals surface area contributed by atoms with Crippen LogP contribution >= 0.6 is 11.6 Å². The number of nitrogens with zero attached hydrogens (tertiary/aromatic N) is 1. The molecular weight excluding hydrogens is 522 g/mol. The molecular formula is C27H25ClF2N2O4S. The molecule has 2 aliphatic rings. The van der Waals surface area contributed by atoms with Crippen LogP contribution < -0.4 is 5.32 Å². The largest absolute Gasteiger partial charge is 0.390 e.